The highest BCUT2D eigenvalue weighted by molar-refractivity contribution is 5.72. The van der Waals surface area contributed by atoms with E-state index < -0.39 is 12.1 Å². The zero-order chi connectivity index (χ0) is 12.1. The van der Waals surface area contributed by atoms with Gasteiger partial charge in [0.15, 0.2) is 6.10 Å². The number of carbonyl (C=O) groups is 1. The molecule has 0 bridgehead atoms. The molecule has 3 heteroatoms. The Labute approximate surface area is 96.1 Å². The third-order valence-corrected chi connectivity index (χ3v) is 2.72. The fraction of sp³-hybridized carbons (Fsp3) is 0.462. The van der Waals surface area contributed by atoms with Crippen LogP contribution < -0.4 is 4.74 Å². The molecule has 88 valence electrons. The van der Waals surface area contributed by atoms with E-state index in [2.05, 4.69) is 13.8 Å². The Kier molecular flexibility index (Phi) is 4.35. The molecule has 1 aromatic carbocycles. The van der Waals surface area contributed by atoms with Gasteiger partial charge in [-0.2, -0.15) is 0 Å². The van der Waals surface area contributed by atoms with E-state index in [-0.39, 0.29) is 0 Å². The summed E-state index contributed by atoms with van der Waals surface area (Å²) in [4.78, 5) is 10.6. The van der Waals surface area contributed by atoms with E-state index in [1.165, 1.54) is 12.5 Å². The Morgan fingerprint density at radius 2 is 1.88 bits per heavy atom. The third-order valence-electron chi connectivity index (χ3n) is 2.72. The minimum atomic E-state index is -0.953. The van der Waals surface area contributed by atoms with E-state index in [4.69, 9.17) is 9.84 Å². The van der Waals surface area contributed by atoms with Gasteiger partial charge in [-0.05, 0) is 37.0 Å². The van der Waals surface area contributed by atoms with Crippen LogP contribution in [0.2, 0.25) is 0 Å². The summed E-state index contributed by atoms with van der Waals surface area (Å²) in [5.74, 6) is 0.166. The average molecular weight is 222 g/mol. The molecule has 0 fully saturated rings. The molecule has 0 unspecified atom stereocenters. The van der Waals surface area contributed by atoms with Gasteiger partial charge in [0, 0.05) is 0 Å². The van der Waals surface area contributed by atoms with Crippen molar-refractivity contribution in [3.8, 4) is 5.75 Å². The number of hydrogen-bond donors (Lipinski definition) is 1. The number of hydrogen-bond acceptors (Lipinski definition) is 2. The van der Waals surface area contributed by atoms with E-state index >= 15 is 0 Å². The molecular weight excluding hydrogens is 204 g/mol. The van der Waals surface area contributed by atoms with Crippen LogP contribution in [-0.4, -0.2) is 17.2 Å². The fourth-order valence-electron chi connectivity index (χ4n) is 1.37. The van der Waals surface area contributed by atoms with Crippen LogP contribution in [0.5, 0.6) is 5.75 Å². The summed E-state index contributed by atoms with van der Waals surface area (Å²) in [6.07, 6.45) is 0.278. The van der Waals surface area contributed by atoms with Gasteiger partial charge in [-0.3, -0.25) is 0 Å². The largest absolute Gasteiger partial charge is 0.479 e. The van der Waals surface area contributed by atoms with Gasteiger partial charge in [0.1, 0.15) is 5.75 Å². The van der Waals surface area contributed by atoms with Crippen LogP contribution in [0, 0.1) is 0 Å². The first-order valence-corrected chi connectivity index (χ1v) is 5.54. The molecule has 0 radical (unpaired) electrons. The van der Waals surface area contributed by atoms with Gasteiger partial charge in [-0.1, -0.05) is 26.0 Å². The topological polar surface area (TPSA) is 46.5 Å². The lowest BCUT2D eigenvalue weighted by molar-refractivity contribution is -0.144. The lowest BCUT2D eigenvalue weighted by Crippen LogP contribution is -2.22. The number of carboxylic acids is 1. The van der Waals surface area contributed by atoms with Gasteiger partial charge in [-0.15, -0.1) is 0 Å². The molecule has 2 atom stereocenters. The van der Waals surface area contributed by atoms with Gasteiger partial charge in [0.25, 0.3) is 0 Å². The van der Waals surface area contributed by atoms with Crippen LogP contribution in [0.3, 0.4) is 0 Å². The van der Waals surface area contributed by atoms with Gasteiger partial charge in [0.05, 0.1) is 0 Å². The number of ether oxygens (including phenoxy) is 1. The maximum absolute atomic E-state index is 10.6. The minimum Gasteiger partial charge on any atom is -0.479 e. The van der Waals surface area contributed by atoms with Crippen molar-refractivity contribution in [2.45, 2.75) is 39.2 Å². The maximum Gasteiger partial charge on any atom is 0.344 e. The number of rotatable bonds is 5. The average Bonchev–Trinajstić information content (AvgIpc) is 2.28. The fourth-order valence-corrected chi connectivity index (χ4v) is 1.37. The molecule has 1 aromatic rings. The van der Waals surface area contributed by atoms with Crippen molar-refractivity contribution < 1.29 is 14.6 Å². The van der Waals surface area contributed by atoms with Crippen LogP contribution in [0.4, 0.5) is 0 Å². The van der Waals surface area contributed by atoms with Crippen LogP contribution in [-0.2, 0) is 4.79 Å². The Balaban J connectivity index is 2.68. The first kappa shape index (κ1) is 12.6. The highest BCUT2D eigenvalue weighted by Crippen LogP contribution is 2.21. The molecule has 0 aliphatic heterocycles. The summed E-state index contributed by atoms with van der Waals surface area (Å²) in [5.41, 5.74) is 1.25. The van der Waals surface area contributed by atoms with Gasteiger partial charge < -0.3 is 9.84 Å². The van der Waals surface area contributed by atoms with Gasteiger partial charge >= 0.3 is 5.97 Å². The first-order valence-electron chi connectivity index (χ1n) is 5.54. The molecule has 16 heavy (non-hydrogen) atoms. The summed E-state index contributed by atoms with van der Waals surface area (Å²) in [6, 6.07) is 7.61. The Hall–Kier alpha value is -1.51. The molecule has 0 aliphatic carbocycles. The standard InChI is InChI=1S/C13H18O3/c1-4-9(2)11-5-7-12(8-6-11)16-10(3)13(14)15/h5-10H,4H2,1-3H3,(H,14,15)/t9-,10-/m0/s1. The molecule has 0 heterocycles. The smallest absolute Gasteiger partial charge is 0.344 e. The number of benzene rings is 1. The molecule has 1 rings (SSSR count). The molecular formula is C13H18O3. The van der Waals surface area contributed by atoms with Crippen LogP contribution in [0.25, 0.3) is 0 Å². The van der Waals surface area contributed by atoms with Crippen LogP contribution >= 0.6 is 0 Å². The summed E-state index contributed by atoms with van der Waals surface area (Å²) in [6.45, 7) is 5.82. The maximum atomic E-state index is 10.6. The SMILES string of the molecule is CC[C@H](C)c1ccc(O[C@@H](C)C(=O)O)cc1. The van der Waals surface area contributed by atoms with Crippen molar-refractivity contribution in [2.24, 2.45) is 0 Å². The van der Waals surface area contributed by atoms with Crippen molar-refractivity contribution in [3.63, 3.8) is 0 Å². The number of carboxylic acid groups (broad SMARTS) is 1. The summed E-state index contributed by atoms with van der Waals surface area (Å²) in [7, 11) is 0. The summed E-state index contributed by atoms with van der Waals surface area (Å²) >= 11 is 0. The van der Waals surface area contributed by atoms with Gasteiger partial charge in [0.2, 0.25) is 0 Å². The third kappa shape index (κ3) is 3.26. The molecule has 0 aromatic heterocycles. The quantitative estimate of drug-likeness (QED) is 0.832. The van der Waals surface area contributed by atoms with E-state index in [0.717, 1.165) is 6.42 Å². The predicted octanol–water partition coefficient (Wildman–Crippen LogP) is 3.05. The van der Waals surface area contributed by atoms with Crippen LogP contribution in [0.1, 0.15) is 38.7 Å². The Morgan fingerprint density at radius 1 is 1.31 bits per heavy atom. The van der Waals surface area contributed by atoms with E-state index in [9.17, 15) is 4.79 Å². The highest BCUT2D eigenvalue weighted by Gasteiger charge is 2.12. The second-order valence-corrected chi connectivity index (χ2v) is 3.98. The van der Waals surface area contributed by atoms with E-state index in [0.29, 0.717) is 11.7 Å². The van der Waals surface area contributed by atoms with Gasteiger partial charge in [-0.25, -0.2) is 4.79 Å². The molecule has 0 aliphatic rings. The lowest BCUT2D eigenvalue weighted by atomic mass is 9.99. The van der Waals surface area contributed by atoms with Crippen molar-refractivity contribution in [1.29, 1.82) is 0 Å². The zero-order valence-electron chi connectivity index (χ0n) is 9.93. The molecule has 0 saturated heterocycles. The molecule has 3 nitrogen and oxygen atoms in total. The summed E-state index contributed by atoms with van der Waals surface area (Å²) in [5, 5.41) is 8.70. The highest BCUT2D eigenvalue weighted by atomic mass is 16.5. The van der Waals surface area contributed by atoms with Crippen LogP contribution in [0.15, 0.2) is 24.3 Å². The van der Waals surface area contributed by atoms with Crippen molar-refractivity contribution in [3.05, 3.63) is 29.8 Å². The second-order valence-electron chi connectivity index (χ2n) is 3.98. The normalized spacial score (nSPS) is 14.2. The predicted molar refractivity (Wildman–Crippen MR) is 62.9 cm³/mol. The van der Waals surface area contributed by atoms with E-state index in [1.807, 2.05) is 24.3 Å². The zero-order valence-corrected chi connectivity index (χ0v) is 9.93. The summed E-state index contributed by atoms with van der Waals surface area (Å²) < 4.78 is 5.24. The van der Waals surface area contributed by atoms with Crippen molar-refractivity contribution in [1.82, 2.24) is 0 Å². The monoisotopic (exact) mass is 222 g/mol. The first-order chi connectivity index (χ1) is 7.54. The van der Waals surface area contributed by atoms with Crippen molar-refractivity contribution >= 4 is 5.97 Å². The lowest BCUT2D eigenvalue weighted by Gasteiger charge is -2.12. The van der Waals surface area contributed by atoms with E-state index in [1.54, 1.807) is 0 Å². The molecule has 0 saturated carbocycles. The molecule has 0 spiro atoms. The number of aliphatic carboxylic acids is 1. The Morgan fingerprint density at radius 3 is 2.31 bits per heavy atom. The second kappa shape index (κ2) is 5.54. The minimum absolute atomic E-state index is 0.519. The molecule has 0 amide bonds. The molecule has 1 N–H and O–H groups in total. The van der Waals surface area contributed by atoms with Crippen molar-refractivity contribution in [2.75, 3.05) is 0 Å². The Bertz CT molecular complexity index is 343.